The van der Waals surface area contributed by atoms with E-state index in [9.17, 15) is 0 Å². The van der Waals surface area contributed by atoms with Gasteiger partial charge in [0.25, 0.3) is 6.61 Å². The van der Waals surface area contributed by atoms with E-state index >= 15 is 0 Å². The second-order valence-corrected chi connectivity index (χ2v) is 5.56. The van der Waals surface area contributed by atoms with Gasteiger partial charge in [-0.2, -0.15) is 0 Å². The molecule has 1 N–H and O–H groups in total. The molecule has 0 atom stereocenters. The molecule has 112 valence electrons. The lowest BCUT2D eigenvalue weighted by Gasteiger charge is -2.08. The van der Waals surface area contributed by atoms with Gasteiger partial charge in [0.2, 0.25) is 0 Å². The van der Waals surface area contributed by atoms with E-state index in [1.165, 1.54) is 33.4 Å². The molecule has 0 heterocycles. The molecule has 0 fully saturated rings. The second-order valence-electron chi connectivity index (χ2n) is 5.56. The van der Waals surface area contributed by atoms with Crippen molar-refractivity contribution in [3.05, 3.63) is 89.5 Å². The molecule has 2 heteroatoms. The van der Waals surface area contributed by atoms with Crippen molar-refractivity contribution in [1.82, 2.24) is 0 Å². The fourth-order valence-electron chi connectivity index (χ4n) is 3.21. The van der Waals surface area contributed by atoms with E-state index in [2.05, 4.69) is 60.7 Å². The molecule has 0 amide bonds. The Bertz CT molecular complexity index is 817. The maximum atomic E-state index is 8.84. The molecule has 4 rings (SSSR count). The van der Waals surface area contributed by atoms with Crippen LogP contribution < -0.4 is 0 Å². The van der Waals surface area contributed by atoms with E-state index < -0.39 is 0 Å². The smallest absolute Gasteiger partial charge is 0.343 e. The van der Waals surface area contributed by atoms with Crippen LogP contribution >= 0.6 is 0 Å². The van der Waals surface area contributed by atoms with E-state index in [1.807, 2.05) is 12.2 Å². The van der Waals surface area contributed by atoms with Crippen LogP contribution in [0.2, 0.25) is 0 Å². The summed E-state index contributed by atoms with van der Waals surface area (Å²) in [5.41, 5.74) is 7.58. The Morgan fingerprint density at radius 1 is 0.696 bits per heavy atom. The fourth-order valence-corrected chi connectivity index (χ4v) is 3.21. The summed E-state index contributed by atoms with van der Waals surface area (Å²) in [6.07, 6.45) is 8.09. The standard InChI is InChI=1S/C21H17O2/c22-13-14-23-16-11-9-15(10-12-16)21-19-7-3-1-5-17(19)18-6-2-4-8-20(18)21/h1-12,22H,13-14H2/q+1. The zero-order valence-corrected chi connectivity index (χ0v) is 12.7. The predicted octanol–water partition coefficient (Wildman–Crippen LogP) is 3.69. The zero-order valence-electron chi connectivity index (χ0n) is 12.7. The van der Waals surface area contributed by atoms with Gasteiger partial charge in [0.05, 0.1) is 0 Å². The molecule has 0 radical (unpaired) electrons. The number of benzene rings is 2. The molecule has 0 bridgehead atoms. The van der Waals surface area contributed by atoms with Crippen LogP contribution in [0.25, 0.3) is 16.7 Å². The van der Waals surface area contributed by atoms with E-state index in [0.29, 0.717) is 6.61 Å². The Morgan fingerprint density at radius 3 is 1.74 bits per heavy atom. The highest BCUT2D eigenvalue weighted by Crippen LogP contribution is 2.45. The minimum atomic E-state index is 0.0277. The number of fused-ring (bicyclic) bond motifs is 3. The number of carbonyl (C=O) groups excluding carboxylic acids is 1. The fraction of sp³-hybridized carbons (Fsp3) is 0.0952. The van der Waals surface area contributed by atoms with Crippen molar-refractivity contribution in [2.24, 2.45) is 0 Å². The molecule has 0 unspecified atom stereocenters. The lowest BCUT2D eigenvalue weighted by atomic mass is 9.95. The van der Waals surface area contributed by atoms with Crippen molar-refractivity contribution in [1.29, 1.82) is 0 Å². The first-order chi connectivity index (χ1) is 11.4. The average molecular weight is 301 g/mol. The van der Waals surface area contributed by atoms with E-state index in [0.717, 1.165) is 5.78 Å². The molecule has 2 aliphatic carbocycles. The summed E-state index contributed by atoms with van der Waals surface area (Å²) in [5.74, 6) is 0.781. The molecule has 0 aliphatic heterocycles. The Labute approximate surface area is 135 Å². The van der Waals surface area contributed by atoms with E-state index in [1.54, 1.807) is 0 Å². The van der Waals surface area contributed by atoms with Crippen LogP contribution in [0.5, 0.6) is 0 Å². The Balaban J connectivity index is 1.85. The van der Waals surface area contributed by atoms with Crippen LogP contribution in [0, 0.1) is 0 Å². The third-order valence-corrected chi connectivity index (χ3v) is 4.19. The van der Waals surface area contributed by atoms with Gasteiger partial charge in [-0.25, -0.2) is 0 Å². The van der Waals surface area contributed by atoms with Crippen LogP contribution in [-0.2, 0) is 4.42 Å². The predicted molar refractivity (Wildman–Crippen MR) is 93.1 cm³/mol. The molecule has 0 aromatic heterocycles. The molecular weight excluding hydrogens is 284 g/mol. The highest BCUT2D eigenvalue weighted by Gasteiger charge is 2.25. The first-order valence-corrected chi connectivity index (χ1v) is 7.79. The molecule has 2 aromatic carbocycles. The van der Waals surface area contributed by atoms with Gasteiger partial charge < -0.3 is 5.11 Å². The summed E-state index contributed by atoms with van der Waals surface area (Å²) < 4.78 is 5.45. The van der Waals surface area contributed by atoms with Crippen molar-refractivity contribution in [2.75, 3.05) is 13.2 Å². The van der Waals surface area contributed by atoms with Crippen LogP contribution in [0.3, 0.4) is 0 Å². The topological polar surface area (TPSA) is 31.5 Å². The quantitative estimate of drug-likeness (QED) is 0.719. The molecule has 2 nitrogen and oxygen atoms in total. The number of allylic oxidation sites excluding steroid dienone is 5. The summed E-state index contributed by atoms with van der Waals surface area (Å²) in [7, 11) is 0. The maximum absolute atomic E-state index is 8.84. The Kier molecular flexibility index (Phi) is 3.52. The van der Waals surface area contributed by atoms with Crippen molar-refractivity contribution in [2.45, 2.75) is 0 Å². The van der Waals surface area contributed by atoms with Gasteiger partial charge in [-0.15, -0.1) is 0 Å². The molecular formula is C21H17O2+. The lowest BCUT2D eigenvalue weighted by molar-refractivity contribution is -0.458. The third kappa shape index (κ3) is 2.37. The summed E-state index contributed by atoms with van der Waals surface area (Å²) in [6.45, 7) is 0.349. The maximum Gasteiger partial charge on any atom is 0.343 e. The average Bonchev–Trinajstić information content (AvgIpc) is 2.95. The number of aliphatic hydroxyl groups excluding tert-OH is 1. The van der Waals surface area contributed by atoms with Gasteiger partial charge in [-0.05, 0) is 45.6 Å². The summed E-state index contributed by atoms with van der Waals surface area (Å²) in [5, 5.41) is 8.84. The molecule has 2 aromatic rings. The molecule has 0 spiro atoms. The lowest BCUT2D eigenvalue weighted by Crippen LogP contribution is -2.03. The summed E-state index contributed by atoms with van der Waals surface area (Å²) in [6, 6.07) is 17.1. The van der Waals surface area contributed by atoms with Crippen molar-refractivity contribution in [3.63, 3.8) is 0 Å². The molecule has 23 heavy (non-hydrogen) atoms. The van der Waals surface area contributed by atoms with Gasteiger partial charge in [-0.1, -0.05) is 48.5 Å². The highest BCUT2D eigenvalue weighted by atomic mass is 16.4. The van der Waals surface area contributed by atoms with Gasteiger partial charge in [0.15, 0.2) is 0 Å². The zero-order chi connectivity index (χ0) is 15.6. The molecule has 0 saturated carbocycles. The molecule has 0 saturated heterocycles. The second kappa shape index (κ2) is 5.82. The van der Waals surface area contributed by atoms with E-state index in [-0.39, 0.29) is 6.61 Å². The van der Waals surface area contributed by atoms with Gasteiger partial charge in [0.1, 0.15) is 6.61 Å². The SMILES string of the molecule is OCC[O+]=C1C=CC(=C2c3ccccc3-c3ccccc32)C=C1. The van der Waals surface area contributed by atoms with Gasteiger partial charge >= 0.3 is 5.78 Å². The Hall–Kier alpha value is -2.71. The number of aliphatic hydroxyl groups is 1. The van der Waals surface area contributed by atoms with Crippen molar-refractivity contribution < 1.29 is 9.53 Å². The largest absolute Gasteiger partial charge is 0.387 e. The van der Waals surface area contributed by atoms with E-state index in [4.69, 9.17) is 9.53 Å². The van der Waals surface area contributed by atoms with Crippen LogP contribution in [0.4, 0.5) is 0 Å². The minimum absolute atomic E-state index is 0.0277. The van der Waals surface area contributed by atoms with Crippen LogP contribution in [-0.4, -0.2) is 24.1 Å². The molecule has 2 aliphatic rings. The minimum Gasteiger partial charge on any atom is -0.387 e. The number of rotatable bonds is 2. The third-order valence-electron chi connectivity index (χ3n) is 4.19. The number of ketones is 1. The van der Waals surface area contributed by atoms with Crippen molar-refractivity contribution >= 4 is 11.4 Å². The van der Waals surface area contributed by atoms with Gasteiger partial charge in [-0.3, -0.25) is 4.42 Å². The first kappa shape index (κ1) is 13.9. The first-order valence-electron chi connectivity index (χ1n) is 7.79. The normalized spacial score (nSPS) is 14.9. The summed E-state index contributed by atoms with van der Waals surface area (Å²) in [4.78, 5) is 0. The Morgan fingerprint density at radius 2 is 1.22 bits per heavy atom. The summed E-state index contributed by atoms with van der Waals surface area (Å²) >= 11 is 0. The highest BCUT2D eigenvalue weighted by molar-refractivity contribution is 6.07. The van der Waals surface area contributed by atoms with Crippen LogP contribution in [0.1, 0.15) is 11.1 Å². The van der Waals surface area contributed by atoms with Gasteiger partial charge in [0, 0.05) is 12.2 Å². The number of hydrogen-bond acceptors (Lipinski definition) is 1. The van der Waals surface area contributed by atoms with Crippen molar-refractivity contribution in [3.8, 4) is 11.1 Å². The number of hydrogen-bond donors (Lipinski definition) is 1. The van der Waals surface area contributed by atoms with Crippen LogP contribution in [0.15, 0.2) is 78.4 Å². The monoisotopic (exact) mass is 301 g/mol.